The molecule has 0 aromatic heterocycles. The Kier molecular flexibility index (Phi) is 5.96. The Balaban J connectivity index is 1.56. The normalized spacial score (nSPS) is 13.6. The van der Waals surface area contributed by atoms with E-state index in [0.717, 1.165) is 5.56 Å². The van der Waals surface area contributed by atoms with Crippen LogP contribution in [0.1, 0.15) is 12.0 Å². The Hall–Kier alpha value is -3.74. The summed E-state index contributed by atoms with van der Waals surface area (Å²) in [4.78, 5) is 36.9. The summed E-state index contributed by atoms with van der Waals surface area (Å²) < 4.78 is 13.5. The van der Waals surface area contributed by atoms with Crippen molar-refractivity contribution < 1.29 is 18.8 Å². The van der Waals surface area contributed by atoms with Crippen molar-refractivity contribution in [2.45, 2.75) is 6.42 Å². The van der Waals surface area contributed by atoms with Gasteiger partial charge in [0.1, 0.15) is 5.82 Å². The molecule has 0 saturated heterocycles. The van der Waals surface area contributed by atoms with Crippen LogP contribution >= 0.6 is 0 Å². The third-order valence-electron chi connectivity index (χ3n) is 4.02. The zero-order valence-corrected chi connectivity index (χ0v) is 14.9. The van der Waals surface area contributed by atoms with E-state index in [1.165, 1.54) is 35.3 Å². The van der Waals surface area contributed by atoms with E-state index in [-0.39, 0.29) is 17.5 Å². The summed E-state index contributed by atoms with van der Waals surface area (Å²) >= 11 is 0. The van der Waals surface area contributed by atoms with E-state index in [0.29, 0.717) is 18.7 Å². The van der Waals surface area contributed by atoms with Gasteiger partial charge in [0.25, 0.3) is 11.8 Å². The van der Waals surface area contributed by atoms with Gasteiger partial charge < -0.3 is 10.6 Å². The highest BCUT2D eigenvalue weighted by Gasteiger charge is 2.18. The Morgan fingerprint density at radius 3 is 2.50 bits per heavy atom. The van der Waals surface area contributed by atoms with Crippen LogP contribution in [0.3, 0.4) is 0 Å². The van der Waals surface area contributed by atoms with Crippen molar-refractivity contribution in [2.24, 2.45) is 0 Å². The van der Waals surface area contributed by atoms with E-state index in [1.807, 2.05) is 0 Å². The van der Waals surface area contributed by atoms with Gasteiger partial charge in [0.05, 0.1) is 5.69 Å². The fourth-order valence-electron chi connectivity index (χ4n) is 2.59. The number of halogens is 1. The molecule has 0 spiro atoms. The lowest BCUT2D eigenvalue weighted by molar-refractivity contribution is -0.139. The molecule has 0 unspecified atom stereocenters. The first-order valence-corrected chi connectivity index (χ1v) is 8.65. The molecule has 6 nitrogen and oxygen atoms in total. The van der Waals surface area contributed by atoms with Crippen molar-refractivity contribution >= 4 is 35.3 Å². The summed E-state index contributed by atoms with van der Waals surface area (Å²) in [6.07, 6.45) is 6.72. The number of imide groups is 1. The fraction of sp³-hybridized carbons (Fsp3) is 0.0952. The molecular formula is C21H18FN3O3. The van der Waals surface area contributed by atoms with Crippen molar-refractivity contribution in [1.82, 2.24) is 4.90 Å². The first-order valence-electron chi connectivity index (χ1n) is 8.65. The van der Waals surface area contributed by atoms with Gasteiger partial charge in [0.2, 0.25) is 0 Å². The minimum Gasteiger partial charge on any atom is -0.308 e. The van der Waals surface area contributed by atoms with E-state index < -0.39 is 11.8 Å². The topological polar surface area (TPSA) is 78.5 Å². The quantitative estimate of drug-likeness (QED) is 0.793. The fourth-order valence-corrected chi connectivity index (χ4v) is 2.59. The van der Waals surface area contributed by atoms with Crippen LogP contribution in [0.2, 0.25) is 0 Å². The summed E-state index contributed by atoms with van der Waals surface area (Å²) in [7, 11) is 0. The second-order valence-corrected chi connectivity index (χ2v) is 6.03. The lowest BCUT2D eigenvalue weighted by Gasteiger charge is -2.19. The maximum atomic E-state index is 13.5. The average Bonchev–Trinajstić information content (AvgIpc) is 2.69. The van der Waals surface area contributed by atoms with Crippen molar-refractivity contribution in [3.8, 4) is 0 Å². The largest absolute Gasteiger partial charge is 0.323 e. The number of para-hydroxylation sites is 1. The van der Waals surface area contributed by atoms with E-state index >= 15 is 0 Å². The van der Waals surface area contributed by atoms with Gasteiger partial charge in [-0.1, -0.05) is 30.3 Å². The molecule has 142 valence electrons. The first-order chi connectivity index (χ1) is 13.5. The summed E-state index contributed by atoms with van der Waals surface area (Å²) in [6, 6.07) is 12.0. The maximum absolute atomic E-state index is 13.5. The lowest BCUT2D eigenvalue weighted by Crippen LogP contribution is -2.37. The minimum atomic E-state index is -0.569. The van der Waals surface area contributed by atoms with Gasteiger partial charge in [0, 0.05) is 18.3 Å². The summed E-state index contributed by atoms with van der Waals surface area (Å²) in [5.41, 5.74) is 1.32. The van der Waals surface area contributed by atoms with Gasteiger partial charge in [-0.2, -0.15) is 0 Å². The standard InChI is InChI=1S/C21H18FN3O3/c22-17-5-1-2-6-18(17)24-21(28)23-16-11-8-15(9-12-16)10-13-20(27)25-14-4-3-7-19(25)26/h1-3,5-13H,4,14H2,(H2,23,24,28)/b13-10+. The number of amides is 4. The SMILES string of the molecule is O=C(Nc1ccc(/C=C/C(=O)N2CCC=CC2=O)cc1)Nc1ccccc1F. The summed E-state index contributed by atoms with van der Waals surface area (Å²) in [5, 5.41) is 5.03. The number of carbonyl (C=O) groups excluding carboxylic acids is 3. The number of hydrogen-bond acceptors (Lipinski definition) is 3. The van der Waals surface area contributed by atoms with Crippen molar-refractivity contribution in [3.63, 3.8) is 0 Å². The molecule has 0 bridgehead atoms. The van der Waals surface area contributed by atoms with Crippen LogP contribution in [0.4, 0.5) is 20.6 Å². The molecule has 0 saturated carbocycles. The van der Waals surface area contributed by atoms with Crippen LogP contribution in [0.15, 0.2) is 66.8 Å². The molecule has 1 heterocycles. The number of urea groups is 1. The predicted molar refractivity (Wildman–Crippen MR) is 105 cm³/mol. The number of anilines is 2. The predicted octanol–water partition coefficient (Wildman–Crippen LogP) is 3.80. The molecule has 0 aliphatic carbocycles. The zero-order chi connectivity index (χ0) is 19.9. The van der Waals surface area contributed by atoms with E-state index in [2.05, 4.69) is 10.6 Å². The van der Waals surface area contributed by atoms with Crippen LogP contribution < -0.4 is 10.6 Å². The van der Waals surface area contributed by atoms with E-state index in [4.69, 9.17) is 0 Å². The third-order valence-corrected chi connectivity index (χ3v) is 4.02. The second kappa shape index (κ2) is 8.77. The molecule has 3 rings (SSSR count). The third kappa shape index (κ3) is 4.91. The van der Waals surface area contributed by atoms with Crippen molar-refractivity contribution in [2.75, 3.05) is 17.2 Å². The molecule has 2 N–H and O–H groups in total. The highest BCUT2D eigenvalue weighted by atomic mass is 19.1. The Labute approximate surface area is 161 Å². The summed E-state index contributed by atoms with van der Waals surface area (Å²) in [5.74, 6) is -1.22. The number of rotatable bonds is 4. The minimum absolute atomic E-state index is 0.0835. The summed E-state index contributed by atoms with van der Waals surface area (Å²) in [6.45, 7) is 0.373. The average molecular weight is 379 g/mol. The number of nitrogens with one attached hydrogen (secondary N) is 2. The molecule has 28 heavy (non-hydrogen) atoms. The zero-order valence-electron chi connectivity index (χ0n) is 14.9. The number of carbonyl (C=O) groups is 3. The highest BCUT2D eigenvalue weighted by Crippen LogP contribution is 2.15. The van der Waals surface area contributed by atoms with Gasteiger partial charge >= 0.3 is 6.03 Å². The molecule has 0 radical (unpaired) electrons. The molecule has 1 aliphatic heterocycles. The molecule has 7 heteroatoms. The van der Waals surface area contributed by atoms with Crippen molar-refractivity contribution in [3.05, 3.63) is 78.1 Å². The molecule has 2 aromatic rings. The van der Waals surface area contributed by atoms with Gasteiger partial charge in [0.15, 0.2) is 0 Å². The molecular weight excluding hydrogens is 361 g/mol. The smallest absolute Gasteiger partial charge is 0.308 e. The van der Waals surface area contributed by atoms with Crippen molar-refractivity contribution in [1.29, 1.82) is 0 Å². The van der Waals surface area contributed by atoms with Crippen LogP contribution in [0.25, 0.3) is 6.08 Å². The Bertz CT molecular complexity index is 952. The van der Waals surface area contributed by atoms with Gasteiger partial charge in [-0.3, -0.25) is 14.5 Å². The van der Waals surface area contributed by atoms with E-state index in [9.17, 15) is 18.8 Å². The van der Waals surface area contributed by atoms with Gasteiger partial charge in [-0.05, 0) is 48.4 Å². The molecule has 0 atom stereocenters. The van der Waals surface area contributed by atoms with Gasteiger partial charge in [-0.25, -0.2) is 9.18 Å². The van der Waals surface area contributed by atoms with Gasteiger partial charge in [-0.15, -0.1) is 0 Å². The Morgan fingerprint density at radius 1 is 1.04 bits per heavy atom. The molecule has 2 aromatic carbocycles. The first kappa shape index (κ1) is 19.0. The monoisotopic (exact) mass is 379 g/mol. The van der Waals surface area contributed by atoms with Crippen LogP contribution in [-0.4, -0.2) is 29.3 Å². The Morgan fingerprint density at radius 2 is 1.79 bits per heavy atom. The maximum Gasteiger partial charge on any atom is 0.323 e. The van der Waals surface area contributed by atoms with Crippen LogP contribution in [0.5, 0.6) is 0 Å². The number of hydrogen-bond donors (Lipinski definition) is 2. The van der Waals surface area contributed by atoms with Crippen LogP contribution in [0, 0.1) is 5.82 Å². The highest BCUT2D eigenvalue weighted by molar-refractivity contribution is 6.07. The lowest BCUT2D eigenvalue weighted by atomic mass is 10.2. The molecule has 1 aliphatic rings. The number of nitrogens with zero attached hydrogens (tertiary/aromatic N) is 1. The number of benzene rings is 2. The second-order valence-electron chi connectivity index (χ2n) is 6.03. The molecule has 4 amide bonds. The van der Waals surface area contributed by atoms with Crippen LogP contribution in [-0.2, 0) is 9.59 Å². The van der Waals surface area contributed by atoms with E-state index in [1.54, 1.807) is 42.5 Å². The molecule has 0 fully saturated rings.